The van der Waals surface area contributed by atoms with Crippen molar-refractivity contribution in [1.29, 1.82) is 0 Å². The van der Waals surface area contributed by atoms with E-state index in [9.17, 15) is 9.59 Å². The molecular formula is C20H23N3O4. The summed E-state index contributed by atoms with van der Waals surface area (Å²) in [5, 5.41) is 3.21. The molecule has 1 aromatic heterocycles. The third kappa shape index (κ3) is 3.60. The highest BCUT2D eigenvalue weighted by atomic mass is 16.6. The standard InChI is InChI=1S/C20H23N3O4/c1-12-18(14-7-9-23(12)10-8-14)22-19(25)15-3-5-16(6-4-15)26-17-11-21-20(27-17)13(2)24/h3-6,11-12,14,18H,7-10H2,1-2H3,(H,22,25)/t12-,18-/m0/s1. The van der Waals surface area contributed by atoms with Gasteiger partial charge in [-0.05, 0) is 63.0 Å². The highest BCUT2D eigenvalue weighted by Gasteiger charge is 2.40. The van der Waals surface area contributed by atoms with Crippen LogP contribution in [0.2, 0.25) is 0 Å². The minimum atomic E-state index is -0.265. The predicted octanol–water partition coefficient (Wildman–Crippen LogP) is 2.88. The van der Waals surface area contributed by atoms with Gasteiger partial charge in [0.15, 0.2) is 0 Å². The van der Waals surface area contributed by atoms with Crippen LogP contribution in [0.5, 0.6) is 11.7 Å². The maximum atomic E-state index is 12.6. The Morgan fingerprint density at radius 1 is 1.22 bits per heavy atom. The smallest absolute Gasteiger partial charge is 0.311 e. The maximum Gasteiger partial charge on any atom is 0.311 e. The summed E-state index contributed by atoms with van der Waals surface area (Å²) in [6.07, 6.45) is 3.66. The number of nitrogens with one attached hydrogen (secondary N) is 1. The number of oxazole rings is 1. The number of aromatic nitrogens is 1. The fourth-order valence-electron chi connectivity index (χ4n) is 4.04. The second kappa shape index (κ2) is 7.15. The first-order chi connectivity index (χ1) is 13.0. The Bertz CT molecular complexity index is 835. The van der Waals surface area contributed by atoms with E-state index in [4.69, 9.17) is 9.15 Å². The molecule has 5 rings (SSSR count). The van der Waals surface area contributed by atoms with Crippen LogP contribution in [0, 0.1) is 5.92 Å². The molecule has 2 atom stereocenters. The minimum Gasteiger partial charge on any atom is -0.425 e. The van der Waals surface area contributed by atoms with Crippen LogP contribution in [-0.2, 0) is 0 Å². The van der Waals surface area contributed by atoms with Crippen molar-refractivity contribution >= 4 is 11.7 Å². The van der Waals surface area contributed by atoms with Crippen molar-refractivity contribution in [1.82, 2.24) is 15.2 Å². The van der Waals surface area contributed by atoms with E-state index in [0.717, 1.165) is 25.9 Å². The number of hydrogen-bond donors (Lipinski definition) is 1. The molecule has 3 aliphatic heterocycles. The first kappa shape index (κ1) is 17.7. The van der Waals surface area contributed by atoms with Gasteiger partial charge in [0.05, 0.1) is 0 Å². The number of fused-ring (bicyclic) bond motifs is 3. The van der Waals surface area contributed by atoms with Gasteiger partial charge < -0.3 is 14.5 Å². The molecule has 3 fully saturated rings. The number of benzene rings is 1. The average molecular weight is 369 g/mol. The minimum absolute atomic E-state index is 0.00707. The summed E-state index contributed by atoms with van der Waals surface area (Å²) in [5.74, 6) is 0.892. The van der Waals surface area contributed by atoms with Gasteiger partial charge in [0.2, 0.25) is 5.78 Å². The zero-order valence-electron chi connectivity index (χ0n) is 15.5. The summed E-state index contributed by atoms with van der Waals surface area (Å²) in [4.78, 5) is 30.1. The summed E-state index contributed by atoms with van der Waals surface area (Å²) >= 11 is 0. The van der Waals surface area contributed by atoms with Gasteiger partial charge in [-0.3, -0.25) is 14.5 Å². The zero-order chi connectivity index (χ0) is 19.0. The van der Waals surface area contributed by atoms with Crippen LogP contribution in [0.3, 0.4) is 0 Å². The highest BCUT2D eigenvalue weighted by Crippen LogP contribution is 2.32. The second-order valence-electron chi connectivity index (χ2n) is 7.28. The van der Waals surface area contributed by atoms with E-state index in [1.54, 1.807) is 24.3 Å². The van der Waals surface area contributed by atoms with Crippen molar-refractivity contribution in [2.24, 2.45) is 5.92 Å². The molecule has 0 unspecified atom stereocenters. The van der Waals surface area contributed by atoms with Gasteiger partial charge in [0.1, 0.15) is 11.9 Å². The number of amides is 1. The number of carbonyl (C=O) groups is 2. The topological polar surface area (TPSA) is 84.7 Å². The summed E-state index contributed by atoms with van der Waals surface area (Å²) in [6, 6.07) is 7.43. The predicted molar refractivity (Wildman–Crippen MR) is 98.0 cm³/mol. The van der Waals surface area contributed by atoms with Crippen molar-refractivity contribution in [3.8, 4) is 11.7 Å². The van der Waals surface area contributed by atoms with Gasteiger partial charge in [0.25, 0.3) is 11.8 Å². The largest absolute Gasteiger partial charge is 0.425 e. The molecule has 4 heterocycles. The number of piperidine rings is 3. The van der Waals surface area contributed by atoms with Crippen LogP contribution < -0.4 is 10.1 Å². The van der Waals surface area contributed by atoms with E-state index in [1.807, 2.05) is 0 Å². The van der Waals surface area contributed by atoms with Crippen molar-refractivity contribution < 1.29 is 18.7 Å². The molecule has 0 aliphatic carbocycles. The lowest BCUT2D eigenvalue weighted by Crippen LogP contribution is -2.62. The van der Waals surface area contributed by atoms with Gasteiger partial charge in [-0.15, -0.1) is 0 Å². The summed E-state index contributed by atoms with van der Waals surface area (Å²) < 4.78 is 10.7. The first-order valence-electron chi connectivity index (χ1n) is 9.31. The molecule has 7 heteroatoms. The molecule has 2 bridgehead atoms. The lowest BCUT2D eigenvalue weighted by molar-refractivity contribution is 0.0217. The first-order valence-corrected chi connectivity index (χ1v) is 9.31. The fourth-order valence-corrected chi connectivity index (χ4v) is 4.04. The number of rotatable bonds is 5. The Balaban J connectivity index is 1.39. The number of nitrogens with zero attached hydrogens (tertiary/aromatic N) is 2. The zero-order valence-corrected chi connectivity index (χ0v) is 15.5. The number of ketones is 1. The Labute approximate surface area is 157 Å². The van der Waals surface area contributed by atoms with Crippen LogP contribution in [0.15, 0.2) is 34.9 Å². The Kier molecular flexibility index (Phi) is 4.70. The normalized spacial score (nSPS) is 26.6. The van der Waals surface area contributed by atoms with Crippen LogP contribution in [0.25, 0.3) is 0 Å². The number of ether oxygens (including phenoxy) is 1. The third-order valence-corrected chi connectivity index (χ3v) is 5.60. The van der Waals surface area contributed by atoms with Crippen LogP contribution in [0.1, 0.15) is 47.7 Å². The summed E-state index contributed by atoms with van der Waals surface area (Å²) in [7, 11) is 0. The van der Waals surface area contributed by atoms with E-state index in [-0.39, 0.29) is 29.6 Å². The Morgan fingerprint density at radius 3 is 2.52 bits per heavy atom. The lowest BCUT2D eigenvalue weighted by Gasteiger charge is -2.49. The molecule has 0 spiro atoms. The summed E-state index contributed by atoms with van der Waals surface area (Å²) in [5.41, 5.74) is 0.591. The Hall–Kier alpha value is -2.67. The SMILES string of the molecule is CC(=O)c1ncc(Oc2ccc(C(=O)N[C@@H]3C4CCN(CC4)[C@H]3C)cc2)o1. The molecule has 1 aromatic carbocycles. The molecule has 1 N–H and O–H groups in total. The second-order valence-corrected chi connectivity index (χ2v) is 7.28. The average Bonchev–Trinajstić information content (AvgIpc) is 3.14. The van der Waals surface area contributed by atoms with Crippen molar-refractivity contribution in [3.63, 3.8) is 0 Å². The lowest BCUT2D eigenvalue weighted by atomic mass is 9.79. The molecular weight excluding hydrogens is 346 g/mol. The monoisotopic (exact) mass is 369 g/mol. The molecule has 0 radical (unpaired) electrons. The third-order valence-electron chi connectivity index (χ3n) is 5.60. The quantitative estimate of drug-likeness (QED) is 0.816. The molecule has 0 saturated carbocycles. The van der Waals surface area contributed by atoms with E-state index >= 15 is 0 Å². The van der Waals surface area contributed by atoms with Crippen LogP contribution in [-0.4, -0.2) is 46.7 Å². The number of hydrogen-bond acceptors (Lipinski definition) is 6. The van der Waals surface area contributed by atoms with Gasteiger partial charge in [-0.1, -0.05) is 0 Å². The number of Topliss-reactive ketones (excluding diaryl/α,β-unsaturated/α-hetero) is 1. The van der Waals surface area contributed by atoms with E-state index in [0.29, 0.717) is 23.3 Å². The molecule has 3 saturated heterocycles. The highest BCUT2D eigenvalue weighted by molar-refractivity contribution is 5.94. The van der Waals surface area contributed by atoms with Gasteiger partial charge in [-0.2, -0.15) is 0 Å². The fraction of sp³-hybridized carbons (Fsp3) is 0.450. The van der Waals surface area contributed by atoms with Crippen LogP contribution >= 0.6 is 0 Å². The van der Waals surface area contributed by atoms with Crippen molar-refractivity contribution in [2.75, 3.05) is 13.1 Å². The molecule has 27 heavy (non-hydrogen) atoms. The Morgan fingerprint density at radius 2 is 1.93 bits per heavy atom. The molecule has 7 nitrogen and oxygen atoms in total. The van der Waals surface area contributed by atoms with E-state index in [2.05, 4.69) is 22.1 Å². The van der Waals surface area contributed by atoms with Gasteiger partial charge in [0, 0.05) is 24.6 Å². The maximum absolute atomic E-state index is 12.6. The van der Waals surface area contributed by atoms with Crippen molar-refractivity contribution in [3.05, 3.63) is 41.9 Å². The molecule has 142 valence electrons. The molecule has 1 amide bonds. The van der Waals surface area contributed by atoms with E-state index < -0.39 is 0 Å². The number of carbonyl (C=O) groups excluding carboxylic acids is 2. The summed E-state index contributed by atoms with van der Waals surface area (Å²) in [6.45, 7) is 5.84. The van der Waals surface area contributed by atoms with Gasteiger partial charge >= 0.3 is 5.95 Å². The van der Waals surface area contributed by atoms with Crippen molar-refractivity contribution in [2.45, 2.75) is 38.8 Å². The molecule has 2 aromatic rings. The molecule has 3 aliphatic rings. The van der Waals surface area contributed by atoms with Crippen LogP contribution in [0.4, 0.5) is 0 Å². The van der Waals surface area contributed by atoms with E-state index in [1.165, 1.54) is 13.1 Å². The van der Waals surface area contributed by atoms with Gasteiger partial charge in [-0.25, -0.2) is 4.98 Å².